The highest BCUT2D eigenvalue weighted by Crippen LogP contribution is 2.22. The number of hydrogen-bond acceptors (Lipinski definition) is 2. The second-order valence-electron chi connectivity index (χ2n) is 5.03. The second kappa shape index (κ2) is 4.88. The molecule has 16 heavy (non-hydrogen) atoms. The number of hydrogen-bond donors (Lipinski definition) is 0. The van der Waals surface area contributed by atoms with Crippen LogP contribution < -0.4 is 4.90 Å². The summed E-state index contributed by atoms with van der Waals surface area (Å²) in [7, 11) is 4.02. The minimum Gasteiger partial charge on any atom is -0.377 e. The molecule has 0 saturated heterocycles. The van der Waals surface area contributed by atoms with Crippen molar-refractivity contribution in [3.05, 3.63) is 28.8 Å². The highest BCUT2D eigenvalue weighted by molar-refractivity contribution is 6.31. The SMILES string of the molecule is CN(C)c1ccc(Cl)cc1C=NC(C)(C)C. The molecule has 3 heteroatoms. The molecule has 0 aliphatic rings. The number of anilines is 1. The summed E-state index contributed by atoms with van der Waals surface area (Å²) in [6, 6.07) is 5.84. The molecule has 0 aliphatic heterocycles. The van der Waals surface area contributed by atoms with Gasteiger partial charge in [-0.3, -0.25) is 4.99 Å². The van der Waals surface area contributed by atoms with E-state index in [-0.39, 0.29) is 5.54 Å². The van der Waals surface area contributed by atoms with Crippen molar-refractivity contribution in [3.8, 4) is 0 Å². The van der Waals surface area contributed by atoms with Crippen LogP contribution in [0, 0.1) is 0 Å². The standard InChI is InChI=1S/C13H19ClN2/c1-13(2,3)15-9-10-8-11(14)6-7-12(10)16(4)5/h6-9H,1-5H3. The van der Waals surface area contributed by atoms with Crippen LogP contribution in [0.5, 0.6) is 0 Å². The third kappa shape index (κ3) is 3.86. The summed E-state index contributed by atoms with van der Waals surface area (Å²) >= 11 is 5.99. The fraction of sp³-hybridized carbons (Fsp3) is 0.462. The minimum absolute atomic E-state index is 0.0636. The van der Waals surface area contributed by atoms with Gasteiger partial charge < -0.3 is 4.90 Å². The van der Waals surface area contributed by atoms with E-state index in [1.165, 1.54) is 0 Å². The van der Waals surface area contributed by atoms with E-state index in [0.717, 1.165) is 16.3 Å². The first-order chi connectivity index (χ1) is 7.29. The Bertz CT molecular complexity index is 389. The van der Waals surface area contributed by atoms with Crippen molar-refractivity contribution in [1.29, 1.82) is 0 Å². The van der Waals surface area contributed by atoms with Crippen molar-refractivity contribution in [3.63, 3.8) is 0 Å². The molecule has 0 bridgehead atoms. The average Bonchev–Trinajstić information content (AvgIpc) is 2.13. The van der Waals surface area contributed by atoms with Gasteiger partial charge in [0.15, 0.2) is 0 Å². The molecule has 88 valence electrons. The summed E-state index contributed by atoms with van der Waals surface area (Å²) in [6.07, 6.45) is 1.89. The molecule has 0 heterocycles. The number of benzene rings is 1. The normalized spacial score (nSPS) is 12.1. The van der Waals surface area contributed by atoms with Crippen LogP contribution in [0.1, 0.15) is 26.3 Å². The van der Waals surface area contributed by atoms with E-state index >= 15 is 0 Å². The Kier molecular flexibility index (Phi) is 3.98. The fourth-order valence-corrected chi connectivity index (χ4v) is 1.48. The Morgan fingerprint density at radius 1 is 1.25 bits per heavy atom. The van der Waals surface area contributed by atoms with Gasteiger partial charge in [0.05, 0.1) is 5.54 Å². The van der Waals surface area contributed by atoms with Crippen LogP contribution in [0.15, 0.2) is 23.2 Å². The van der Waals surface area contributed by atoms with Gasteiger partial charge in [-0.05, 0) is 39.0 Å². The molecule has 0 aromatic heterocycles. The molecule has 0 N–H and O–H groups in total. The largest absolute Gasteiger partial charge is 0.377 e. The highest BCUT2D eigenvalue weighted by Gasteiger charge is 2.07. The third-order valence-electron chi connectivity index (χ3n) is 2.06. The molecule has 0 atom stereocenters. The molecule has 0 spiro atoms. The van der Waals surface area contributed by atoms with E-state index in [0.29, 0.717) is 0 Å². The number of nitrogens with zero attached hydrogens (tertiary/aromatic N) is 2. The monoisotopic (exact) mass is 238 g/mol. The number of halogens is 1. The van der Waals surface area contributed by atoms with Gasteiger partial charge in [0, 0.05) is 36.6 Å². The predicted molar refractivity (Wildman–Crippen MR) is 73.1 cm³/mol. The first kappa shape index (κ1) is 13.0. The van der Waals surface area contributed by atoms with E-state index in [2.05, 4.69) is 30.7 Å². The van der Waals surface area contributed by atoms with Crippen molar-refractivity contribution in [2.45, 2.75) is 26.3 Å². The zero-order valence-electron chi connectivity index (χ0n) is 10.6. The Balaban J connectivity index is 3.11. The molecule has 0 amide bonds. The highest BCUT2D eigenvalue weighted by atomic mass is 35.5. The summed E-state index contributed by atoms with van der Waals surface area (Å²) < 4.78 is 0. The Morgan fingerprint density at radius 3 is 2.38 bits per heavy atom. The van der Waals surface area contributed by atoms with Crippen molar-refractivity contribution in [2.24, 2.45) is 4.99 Å². The molecule has 1 rings (SSSR count). The molecule has 0 fully saturated rings. The number of aliphatic imine (C=N–C) groups is 1. The zero-order chi connectivity index (χ0) is 12.3. The van der Waals surface area contributed by atoms with Gasteiger partial charge in [0.2, 0.25) is 0 Å². The maximum absolute atomic E-state index is 5.99. The minimum atomic E-state index is -0.0636. The summed E-state index contributed by atoms with van der Waals surface area (Å²) in [5.74, 6) is 0. The van der Waals surface area contributed by atoms with Gasteiger partial charge in [0.25, 0.3) is 0 Å². The quantitative estimate of drug-likeness (QED) is 0.719. The van der Waals surface area contributed by atoms with Crippen LogP contribution in [0.25, 0.3) is 0 Å². The maximum atomic E-state index is 5.99. The first-order valence-electron chi connectivity index (χ1n) is 5.32. The van der Waals surface area contributed by atoms with E-state index in [1.54, 1.807) is 0 Å². The lowest BCUT2D eigenvalue weighted by atomic mass is 10.1. The van der Waals surface area contributed by atoms with Crippen molar-refractivity contribution in [2.75, 3.05) is 19.0 Å². The topological polar surface area (TPSA) is 15.6 Å². The molecule has 1 aromatic rings. The Hall–Kier alpha value is -1.02. The van der Waals surface area contributed by atoms with Crippen LogP contribution in [0.2, 0.25) is 5.02 Å². The molecule has 1 aromatic carbocycles. The predicted octanol–water partition coefficient (Wildman–Crippen LogP) is 3.62. The molecule has 0 aliphatic carbocycles. The summed E-state index contributed by atoms with van der Waals surface area (Å²) in [6.45, 7) is 6.22. The van der Waals surface area contributed by atoms with Gasteiger partial charge in [-0.2, -0.15) is 0 Å². The van der Waals surface area contributed by atoms with Gasteiger partial charge in [-0.1, -0.05) is 11.6 Å². The lowest BCUT2D eigenvalue weighted by Crippen LogP contribution is -2.13. The van der Waals surface area contributed by atoms with E-state index in [4.69, 9.17) is 11.6 Å². The van der Waals surface area contributed by atoms with E-state index in [1.807, 2.05) is 38.5 Å². The Labute approximate surface area is 103 Å². The van der Waals surface area contributed by atoms with Crippen molar-refractivity contribution >= 4 is 23.5 Å². The molecular formula is C13H19ClN2. The third-order valence-corrected chi connectivity index (χ3v) is 2.30. The molecule has 2 nitrogen and oxygen atoms in total. The van der Waals surface area contributed by atoms with Crippen molar-refractivity contribution < 1.29 is 0 Å². The molecule has 0 radical (unpaired) electrons. The van der Waals surface area contributed by atoms with Gasteiger partial charge in [-0.25, -0.2) is 0 Å². The van der Waals surface area contributed by atoms with Crippen LogP contribution in [0.3, 0.4) is 0 Å². The summed E-state index contributed by atoms with van der Waals surface area (Å²) in [4.78, 5) is 6.56. The van der Waals surface area contributed by atoms with Crippen LogP contribution in [-0.2, 0) is 0 Å². The fourth-order valence-electron chi connectivity index (χ4n) is 1.30. The number of rotatable bonds is 2. The average molecular weight is 239 g/mol. The molecule has 0 unspecified atom stereocenters. The van der Waals surface area contributed by atoms with E-state index < -0.39 is 0 Å². The van der Waals surface area contributed by atoms with Crippen molar-refractivity contribution in [1.82, 2.24) is 0 Å². The first-order valence-corrected chi connectivity index (χ1v) is 5.69. The lowest BCUT2D eigenvalue weighted by Gasteiger charge is -2.17. The van der Waals surface area contributed by atoms with Crippen LogP contribution in [-0.4, -0.2) is 25.8 Å². The van der Waals surface area contributed by atoms with Crippen LogP contribution in [0.4, 0.5) is 5.69 Å². The van der Waals surface area contributed by atoms with Gasteiger partial charge in [0.1, 0.15) is 0 Å². The summed E-state index contributed by atoms with van der Waals surface area (Å²) in [5, 5.41) is 0.737. The summed E-state index contributed by atoms with van der Waals surface area (Å²) in [5.41, 5.74) is 2.11. The molecule has 0 saturated carbocycles. The van der Waals surface area contributed by atoms with Crippen LogP contribution >= 0.6 is 11.6 Å². The lowest BCUT2D eigenvalue weighted by molar-refractivity contribution is 0.586. The zero-order valence-corrected chi connectivity index (χ0v) is 11.3. The van der Waals surface area contributed by atoms with E-state index in [9.17, 15) is 0 Å². The second-order valence-corrected chi connectivity index (χ2v) is 5.46. The Morgan fingerprint density at radius 2 is 1.88 bits per heavy atom. The maximum Gasteiger partial charge on any atom is 0.0524 e. The smallest absolute Gasteiger partial charge is 0.0524 e. The van der Waals surface area contributed by atoms with Gasteiger partial charge >= 0.3 is 0 Å². The van der Waals surface area contributed by atoms with Gasteiger partial charge in [-0.15, -0.1) is 0 Å². The molecular weight excluding hydrogens is 220 g/mol.